The van der Waals surface area contributed by atoms with E-state index < -0.39 is 0 Å². The van der Waals surface area contributed by atoms with Gasteiger partial charge in [-0.2, -0.15) is 0 Å². The number of hydrogen-bond acceptors (Lipinski definition) is 4. The zero-order chi connectivity index (χ0) is 15.4. The highest BCUT2D eigenvalue weighted by atomic mass is 16.5. The number of fused-ring (bicyclic) bond motifs is 1. The lowest BCUT2D eigenvalue weighted by molar-refractivity contribution is 0.291. The van der Waals surface area contributed by atoms with Gasteiger partial charge in [0, 0.05) is 11.8 Å². The van der Waals surface area contributed by atoms with E-state index >= 15 is 0 Å². The van der Waals surface area contributed by atoms with Gasteiger partial charge in [0.25, 0.3) is 0 Å². The number of benzene rings is 2. The third-order valence-electron chi connectivity index (χ3n) is 3.77. The van der Waals surface area contributed by atoms with Crippen LogP contribution in [-0.4, -0.2) is 28.1 Å². The second-order valence-corrected chi connectivity index (χ2v) is 5.21. The Morgan fingerprint density at radius 2 is 1.95 bits per heavy atom. The lowest BCUT2D eigenvalue weighted by Gasteiger charge is -2.10. The molecule has 0 spiro atoms. The minimum atomic E-state index is 0.556. The quantitative estimate of drug-likeness (QED) is 0.758. The van der Waals surface area contributed by atoms with Gasteiger partial charge in [-0.05, 0) is 24.9 Å². The van der Waals surface area contributed by atoms with Crippen molar-refractivity contribution in [3.63, 3.8) is 0 Å². The molecule has 3 rings (SSSR count). The maximum absolute atomic E-state index is 5.93. The molecule has 0 unspecified atom stereocenters. The Hall–Kier alpha value is -2.40. The molecule has 3 aromatic rings. The molecule has 5 heteroatoms. The molecule has 0 saturated heterocycles. The molecule has 5 nitrogen and oxygen atoms in total. The summed E-state index contributed by atoms with van der Waals surface area (Å²) in [6.45, 7) is 3.84. The van der Waals surface area contributed by atoms with Gasteiger partial charge < -0.3 is 10.5 Å². The molecule has 0 bridgehead atoms. The van der Waals surface area contributed by atoms with E-state index in [1.807, 2.05) is 35.9 Å². The van der Waals surface area contributed by atoms with Gasteiger partial charge in [-0.1, -0.05) is 41.6 Å². The number of rotatable bonds is 6. The Bertz CT molecular complexity index is 761. The van der Waals surface area contributed by atoms with Crippen molar-refractivity contribution in [1.29, 1.82) is 0 Å². The van der Waals surface area contributed by atoms with Crippen molar-refractivity contribution in [2.75, 3.05) is 13.2 Å². The van der Waals surface area contributed by atoms with Crippen LogP contribution in [0, 0.1) is 6.92 Å². The molecule has 0 amide bonds. The Kier molecular flexibility index (Phi) is 4.34. The molecule has 1 heterocycles. The second kappa shape index (κ2) is 6.58. The van der Waals surface area contributed by atoms with Crippen LogP contribution in [0.15, 0.2) is 42.5 Å². The first-order valence-electron chi connectivity index (χ1n) is 7.49. The minimum absolute atomic E-state index is 0.556. The Morgan fingerprint density at radius 3 is 2.82 bits per heavy atom. The predicted octanol–water partition coefficient (Wildman–Crippen LogP) is 2.32. The number of nitrogens with two attached hydrogens (primary N) is 1. The van der Waals surface area contributed by atoms with Gasteiger partial charge in [0.15, 0.2) is 0 Å². The molecular formula is C17H20N4O. The van der Waals surface area contributed by atoms with Gasteiger partial charge in [-0.3, -0.25) is 0 Å². The summed E-state index contributed by atoms with van der Waals surface area (Å²) in [6.07, 6.45) is 0.760. The summed E-state index contributed by atoms with van der Waals surface area (Å²) in [5.74, 6) is 0.901. The number of nitrogens with zero attached hydrogens (tertiary/aromatic N) is 3. The van der Waals surface area contributed by atoms with Crippen LogP contribution in [0.5, 0.6) is 5.75 Å². The summed E-state index contributed by atoms with van der Waals surface area (Å²) in [4.78, 5) is 0. The molecule has 0 radical (unpaired) electrons. The van der Waals surface area contributed by atoms with Gasteiger partial charge in [0.05, 0.1) is 17.9 Å². The van der Waals surface area contributed by atoms with Crippen molar-refractivity contribution in [3.05, 3.63) is 53.9 Å². The largest absolute Gasteiger partial charge is 0.491 e. The van der Waals surface area contributed by atoms with E-state index in [1.54, 1.807) is 0 Å². The van der Waals surface area contributed by atoms with Crippen LogP contribution < -0.4 is 10.5 Å². The lowest BCUT2D eigenvalue weighted by atomic mass is 10.1. The molecule has 0 aliphatic rings. The Balaban J connectivity index is 1.68. The van der Waals surface area contributed by atoms with Crippen molar-refractivity contribution in [1.82, 2.24) is 15.0 Å². The number of aromatic nitrogens is 3. The summed E-state index contributed by atoms with van der Waals surface area (Å²) in [6, 6.07) is 14.3. The fraction of sp³-hybridized carbons (Fsp3) is 0.294. The summed E-state index contributed by atoms with van der Waals surface area (Å²) < 4.78 is 7.81. The summed E-state index contributed by atoms with van der Waals surface area (Å²) in [5.41, 5.74) is 7.59. The summed E-state index contributed by atoms with van der Waals surface area (Å²) in [7, 11) is 0. The Labute approximate surface area is 129 Å². The molecule has 0 aliphatic carbocycles. The van der Waals surface area contributed by atoms with E-state index in [0.717, 1.165) is 28.9 Å². The summed E-state index contributed by atoms with van der Waals surface area (Å²) >= 11 is 0. The molecular weight excluding hydrogens is 276 g/mol. The van der Waals surface area contributed by atoms with E-state index in [-0.39, 0.29) is 0 Å². The van der Waals surface area contributed by atoms with E-state index in [2.05, 4.69) is 28.5 Å². The fourth-order valence-corrected chi connectivity index (χ4v) is 2.54. The average Bonchev–Trinajstić information content (AvgIpc) is 2.89. The third kappa shape index (κ3) is 2.94. The van der Waals surface area contributed by atoms with Crippen LogP contribution >= 0.6 is 0 Å². The normalized spacial score (nSPS) is 11.0. The molecule has 22 heavy (non-hydrogen) atoms. The maximum Gasteiger partial charge on any atom is 0.127 e. The lowest BCUT2D eigenvalue weighted by Crippen LogP contribution is -2.11. The highest BCUT2D eigenvalue weighted by molar-refractivity contribution is 5.88. The van der Waals surface area contributed by atoms with Crippen molar-refractivity contribution in [2.24, 2.45) is 5.73 Å². The van der Waals surface area contributed by atoms with E-state index in [1.165, 1.54) is 5.39 Å². The molecule has 2 N–H and O–H groups in total. The molecule has 0 aliphatic heterocycles. The molecule has 0 fully saturated rings. The van der Waals surface area contributed by atoms with Crippen molar-refractivity contribution >= 4 is 10.8 Å². The van der Waals surface area contributed by atoms with Crippen LogP contribution in [0.2, 0.25) is 0 Å². The SMILES string of the molecule is Cc1c(CCN)nnn1CCOc1cccc2ccccc12. The monoisotopic (exact) mass is 296 g/mol. The van der Waals surface area contributed by atoms with Gasteiger partial charge in [-0.15, -0.1) is 5.10 Å². The van der Waals surface area contributed by atoms with Crippen LogP contribution in [0.25, 0.3) is 10.8 Å². The topological polar surface area (TPSA) is 66.0 Å². The Morgan fingerprint density at radius 1 is 1.14 bits per heavy atom. The van der Waals surface area contributed by atoms with Crippen molar-refractivity contribution < 1.29 is 4.74 Å². The molecule has 2 aromatic carbocycles. The molecule has 1 aromatic heterocycles. The first kappa shape index (κ1) is 14.5. The molecule has 0 atom stereocenters. The van der Waals surface area contributed by atoms with Crippen molar-refractivity contribution in [3.8, 4) is 5.75 Å². The average molecular weight is 296 g/mol. The summed E-state index contributed by atoms with van der Waals surface area (Å²) in [5, 5.41) is 10.6. The zero-order valence-electron chi connectivity index (χ0n) is 12.7. The van der Waals surface area contributed by atoms with Crippen LogP contribution in [0.1, 0.15) is 11.4 Å². The van der Waals surface area contributed by atoms with E-state index in [4.69, 9.17) is 10.5 Å². The first-order valence-corrected chi connectivity index (χ1v) is 7.49. The number of hydrogen-bond donors (Lipinski definition) is 1. The minimum Gasteiger partial charge on any atom is -0.491 e. The fourth-order valence-electron chi connectivity index (χ4n) is 2.54. The van der Waals surface area contributed by atoms with Crippen LogP contribution in [-0.2, 0) is 13.0 Å². The number of ether oxygens (including phenoxy) is 1. The smallest absolute Gasteiger partial charge is 0.127 e. The van der Waals surface area contributed by atoms with Gasteiger partial charge >= 0.3 is 0 Å². The second-order valence-electron chi connectivity index (χ2n) is 5.21. The van der Waals surface area contributed by atoms with Crippen molar-refractivity contribution in [2.45, 2.75) is 19.9 Å². The van der Waals surface area contributed by atoms with Crippen LogP contribution in [0.3, 0.4) is 0 Å². The van der Waals surface area contributed by atoms with Crippen LogP contribution in [0.4, 0.5) is 0 Å². The molecule has 0 saturated carbocycles. The standard InChI is InChI=1S/C17H20N4O/c1-13-16(9-10-18)19-20-21(13)11-12-22-17-8-4-6-14-5-2-3-7-15(14)17/h2-8H,9-12,18H2,1H3. The predicted molar refractivity (Wildman–Crippen MR) is 87.0 cm³/mol. The first-order chi connectivity index (χ1) is 10.8. The molecule has 114 valence electrons. The highest BCUT2D eigenvalue weighted by Crippen LogP contribution is 2.25. The maximum atomic E-state index is 5.93. The third-order valence-corrected chi connectivity index (χ3v) is 3.77. The van der Waals surface area contributed by atoms with E-state index in [0.29, 0.717) is 19.7 Å². The zero-order valence-corrected chi connectivity index (χ0v) is 12.7. The van der Waals surface area contributed by atoms with E-state index in [9.17, 15) is 0 Å². The van der Waals surface area contributed by atoms with Gasteiger partial charge in [0.2, 0.25) is 0 Å². The van der Waals surface area contributed by atoms with Gasteiger partial charge in [0.1, 0.15) is 12.4 Å². The van der Waals surface area contributed by atoms with Gasteiger partial charge in [-0.25, -0.2) is 4.68 Å². The highest BCUT2D eigenvalue weighted by Gasteiger charge is 2.08.